The molecule has 0 radical (unpaired) electrons. The fraction of sp³-hybridized carbons (Fsp3) is 0.292. The number of thioether (sulfide) groups is 1. The standard InChI is InChI=1S/C24H25N5O2S/c1-15-21(18(4)30)10-20(11-25)24(27-15)32-14-23(31)26-12-22-16(2)28-29(17(22)3)13-19-8-6-5-7-9-19/h5-10H,12-14H2,1-4H3,(H,26,31). The summed E-state index contributed by atoms with van der Waals surface area (Å²) in [6.07, 6.45) is 0. The molecular formula is C24H25N5O2S. The van der Waals surface area contributed by atoms with Crippen molar-refractivity contribution in [3.8, 4) is 6.07 Å². The van der Waals surface area contributed by atoms with Crippen LogP contribution in [0.3, 0.4) is 0 Å². The molecule has 2 heterocycles. The number of carbonyl (C=O) groups is 2. The van der Waals surface area contributed by atoms with Gasteiger partial charge in [-0.05, 0) is 39.3 Å². The van der Waals surface area contributed by atoms with Crippen molar-refractivity contribution in [3.05, 3.63) is 75.7 Å². The summed E-state index contributed by atoms with van der Waals surface area (Å²) in [4.78, 5) is 28.5. The summed E-state index contributed by atoms with van der Waals surface area (Å²) in [5.41, 5.74) is 5.34. The second-order valence-corrected chi connectivity index (χ2v) is 8.46. The molecule has 0 aliphatic rings. The first-order valence-electron chi connectivity index (χ1n) is 10.2. The summed E-state index contributed by atoms with van der Waals surface area (Å²) >= 11 is 1.19. The van der Waals surface area contributed by atoms with Gasteiger partial charge in [0.05, 0.1) is 23.6 Å². The molecule has 0 spiro atoms. The highest BCUT2D eigenvalue weighted by Gasteiger charge is 2.16. The molecule has 7 nitrogen and oxygen atoms in total. The monoisotopic (exact) mass is 447 g/mol. The van der Waals surface area contributed by atoms with Crippen LogP contribution in [0, 0.1) is 32.1 Å². The number of benzene rings is 1. The van der Waals surface area contributed by atoms with Gasteiger partial charge < -0.3 is 5.32 Å². The molecule has 0 aliphatic heterocycles. The van der Waals surface area contributed by atoms with E-state index in [4.69, 9.17) is 0 Å². The number of nitriles is 1. The van der Waals surface area contributed by atoms with E-state index in [9.17, 15) is 14.9 Å². The molecule has 1 aromatic carbocycles. The highest BCUT2D eigenvalue weighted by Crippen LogP contribution is 2.23. The Kier molecular flexibility index (Phi) is 7.44. The predicted molar refractivity (Wildman–Crippen MR) is 124 cm³/mol. The molecule has 0 saturated carbocycles. The number of ketones is 1. The summed E-state index contributed by atoms with van der Waals surface area (Å²) in [6.45, 7) is 8.16. The molecule has 0 aliphatic carbocycles. The van der Waals surface area contributed by atoms with Crippen LogP contribution in [0.15, 0.2) is 41.4 Å². The summed E-state index contributed by atoms with van der Waals surface area (Å²) in [7, 11) is 0. The Bertz CT molecular complexity index is 1200. The molecule has 3 aromatic rings. The second kappa shape index (κ2) is 10.2. The number of amides is 1. The van der Waals surface area contributed by atoms with E-state index in [2.05, 4.69) is 33.6 Å². The highest BCUT2D eigenvalue weighted by atomic mass is 32.2. The SMILES string of the molecule is CC(=O)c1cc(C#N)c(SCC(=O)NCc2c(C)nn(Cc3ccccc3)c2C)nc1C. The highest BCUT2D eigenvalue weighted by molar-refractivity contribution is 8.00. The summed E-state index contributed by atoms with van der Waals surface area (Å²) in [5.74, 6) is -0.181. The van der Waals surface area contributed by atoms with E-state index in [-0.39, 0.29) is 17.4 Å². The molecule has 0 fully saturated rings. The van der Waals surface area contributed by atoms with E-state index in [0.717, 1.165) is 22.5 Å². The molecule has 1 amide bonds. The topological polar surface area (TPSA) is 101 Å². The van der Waals surface area contributed by atoms with Crippen molar-refractivity contribution in [1.29, 1.82) is 5.26 Å². The number of aromatic nitrogens is 3. The maximum atomic E-state index is 12.4. The Morgan fingerprint density at radius 2 is 1.88 bits per heavy atom. The average molecular weight is 448 g/mol. The first kappa shape index (κ1) is 23.2. The van der Waals surface area contributed by atoms with Gasteiger partial charge in [0, 0.05) is 29.1 Å². The van der Waals surface area contributed by atoms with Crippen LogP contribution >= 0.6 is 11.8 Å². The van der Waals surface area contributed by atoms with E-state index in [1.54, 1.807) is 13.0 Å². The van der Waals surface area contributed by atoms with Gasteiger partial charge in [-0.3, -0.25) is 14.3 Å². The molecule has 0 saturated heterocycles. The van der Waals surface area contributed by atoms with E-state index in [1.165, 1.54) is 18.7 Å². The van der Waals surface area contributed by atoms with Gasteiger partial charge in [-0.1, -0.05) is 42.1 Å². The third-order valence-electron chi connectivity index (χ3n) is 5.19. The zero-order valence-electron chi connectivity index (χ0n) is 18.6. The van der Waals surface area contributed by atoms with Crippen LogP contribution in [0.5, 0.6) is 0 Å². The largest absolute Gasteiger partial charge is 0.351 e. The maximum absolute atomic E-state index is 12.4. The normalized spacial score (nSPS) is 10.6. The zero-order chi connectivity index (χ0) is 23.3. The Morgan fingerprint density at radius 3 is 2.53 bits per heavy atom. The van der Waals surface area contributed by atoms with Gasteiger partial charge >= 0.3 is 0 Å². The Balaban J connectivity index is 1.62. The van der Waals surface area contributed by atoms with Gasteiger partial charge in [0.25, 0.3) is 0 Å². The molecule has 0 bridgehead atoms. The number of pyridine rings is 1. The fourth-order valence-corrected chi connectivity index (χ4v) is 4.23. The quantitative estimate of drug-likeness (QED) is 0.417. The minimum atomic E-state index is -0.163. The van der Waals surface area contributed by atoms with Crippen LogP contribution in [0.25, 0.3) is 0 Å². The van der Waals surface area contributed by atoms with Crippen molar-refractivity contribution in [2.75, 3.05) is 5.75 Å². The van der Waals surface area contributed by atoms with Crippen LogP contribution in [-0.4, -0.2) is 32.2 Å². The van der Waals surface area contributed by atoms with Crippen molar-refractivity contribution >= 4 is 23.5 Å². The Morgan fingerprint density at radius 1 is 1.16 bits per heavy atom. The third kappa shape index (κ3) is 5.42. The number of nitrogens with zero attached hydrogens (tertiary/aromatic N) is 4. The molecule has 0 unspecified atom stereocenters. The molecular weight excluding hydrogens is 422 g/mol. The van der Waals surface area contributed by atoms with Gasteiger partial charge in [0.1, 0.15) is 11.1 Å². The van der Waals surface area contributed by atoms with Crippen molar-refractivity contribution in [2.24, 2.45) is 0 Å². The Hall–Kier alpha value is -3.44. The first-order valence-corrected chi connectivity index (χ1v) is 11.2. The molecule has 164 valence electrons. The lowest BCUT2D eigenvalue weighted by molar-refractivity contribution is -0.118. The summed E-state index contributed by atoms with van der Waals surface area (Å²) < 4.78 is 1.95. The van der Waals surface area contributed by atoms with Crippen molar-refractivity contribution in [1.82, 2.24) is 20.1 Å². The predicted octanol–water partition coefficient (Wildman–Crippen LogP) is 3.73. The first-order chi connectivity index (χ1) is 15.3. The second-order valence-electron chi connectivity index (χ2n) is 7.50. The molecule has 0 atom stereocenters. The van der Waals surface area contributed by atoms with Crippen molar-refractivity contribution < 1.29 is 9.59 Å². The van der Waals surface area contributed by atoms with Gasteiger partial charge in [0.2, 0.25) is 5.91 Å². The number of aryl methyl sites for hydroxylation is 2. The number of rotatable bonds is 8. The van der Waals surface area contributed by atoms with E-state index in [1.807, 2.05) is 36.7 Å². The summed E-state index contributed by atoms with van der Waals surface area (Å²) in [5, 5.41) is 17.4. The smallest absolute Gasteiger partial charge is 0.230 e. The number of hydrogen-bond donors (Lipinski definition) is 1. The van der Waals surface area contributed by atoms with Crippen LogP contribution in [0.1, 0.15) is 51.1 Å². The molecule has 2 aromatic heterocycles. The minimum absolute atomic E-state index is 0.122. The lowest BCUT2D eigenvalue weighted by Gasteiger charge is -2.09. The van der Waals surface area contributed by atoms with Gasteiger partial charge in [0.15, 0.2) is 5.78 Å². The lowest BCUT2D eigenvalue weighted by Crippen LogP contribution is -2.25. The van der Waals surface area contributed by atoms with E-state index >= 15 is 0 Å². The van der Waals surface area contributed by atoms with Gasteiger partial charge in [-0.15, -0.1) is 0 Å². The number of nitrogens with one attached hydrogen (secondary N) is 1. The fourth-order valence-electron chi connectivity index (χ4n) is 3.40. The van der Waals surface area contributed by atoms with Crippen LogP contribution in [-0.2, 0) is 17.9 Å². The molecule has 3 rings (SSSR count). The maximum Gasteiger partial charge on any atom is 0.230 e. The van der Waals surface area contributed by atoms with E-state index < -0.39 is 0 Å². The zero-order valence-corrected chi connectivity index (χ0v) is 19.4. The average Bonchev–Trinajstić information content (AvgIpc) is 3.03. The van der Waals surface area contributed by atoms with Crippen LogP contribution < -0.4 is 5.32 Å². The minimum Gasteiger partial charge on any atom is -0.351 e. The molecule has 1 N–H and O–H groups in total. The van der Waals surface area contributed by atoms with E-state index in [0.29, 0.717) is 34.9 Å². The van der Waals surface area contributed by atoms with Crippen molar-refractivity contribution in [3.63, 3.8) is 0 Å². The molecule has 8 heteroatoms. The van der Waals surface area contributed by atoms with Gasteiger partial charge in [-0.2, -0.15) is 10.4 Å². The van der Waals surface area contributed by atoms with Crippen molar-refractivity contribution in [2.45, 2.75) is 45.8 Å². The number of hydrogen-bond acceptors (Lipinski definition) is 6. The Labute approximate surface area is 191 Å². The molecule has 32 heavy (non-hydrogen) atoms. The summed E-state index contributed by atoms with van der Waals surface area (Å²) in [6, 6.07) is 13.7. The van der Waals surface area contributed by atoms with Gasteiger partial charge in [-0.25, -0.2) is 4.98 Å². The number of carbonyl (C=O) groups excluding carboxylic acids is 2. The lowest BCUT2D eigenvalue weighted by atomic mass is 10.1. The van der Waals surface area contributed by atoms with Crippen LogP contribution in [0.4, 0.5) is 0 Å². The number of Topliss-reactive ketones (excluding diaryl/α,β-unsaturated/α-hetero) is 1. The van der Waals surface area contributed by atoms with Crippen LogP contribution in [0.2, 0.25) is 0 Å². The third-order valence-corrected chi connectivity index (χ3v) is 6.18.